The molecule has 2 amide bonds. The van der Waals surface area contributed by atoms with Crippen molar-refractivity contribution in [2.45, 2.75) is 46.6 Å². The zero-order valence-electron chi connectivity index (χ0n) is 11.3. The molecule has 0 unspecified atom stereocenters. The fourth-order valence-corrected chi connectivity index (χ4v) is 1.83. The van der Waals surface area contributed by atoms with Gasteiger partial charge >= 0.3 is 6.03 Å². The van der Waals surface area contributed by atoms with Crippen LogP contribution in [0.3, 0.4) is 0 Å². The third-order valence-electron chi connectivity index (χ3n) is 2.57. The second-order valence-corrected chi connectivity index (χ2v) is 4.98. The van der Waals surface area contributed by atoms with E-state index in [1.165, 1.54) is 11.1 Å². The number of benzene rings is 1. The lowest BCUT2D eigenvalue weighted by Gasteiger charge is -2.13. The summed E-state index contributed by atoms with van der Waals surface area (Å²) in [5.41, 5.74) is 3.37. The number of nitrogens with one attached hydrogen (secondary N) is 2. The topological polar surface area (TPSA) is 41.1 Å². The van der Waals surface area contributed by atoms with Gasteiger partial charge in [-0.15, -0.1) is 0 Å². The number of urea groups is 1. The van der Waals surface area contributed by atoms with Gasteiger partial charge in [-0.3, -0.25) is 0 Å². The van der Waals surface area contributed by atoms with Crippen LogP contribution in [-0.2, 0) is 0 Å². The molecule has 2 N–H and O–H groups in total. The van der Waals surface area contributed by atoms with Crippen LogP contribution in [0.2, 0.25) is 0 Å². The average molecular weight is 234 g/mol. The van der Waals surface area contributed by atoms with Gasteiger partial charge in [-0.2, -0.15) is 0 Å². The van der Waals surface area contributed by atoms with E-state index in [9.17, 15) is 4.79 Å². The number of hydrogen-bond donors (Lipinski definition) is 2. The first kappa shape index (κ1) is 13.6. The van der Waals surface area contributed by atoms with Crippen molar-refractivity contribution < 1.29 is 4.79 Å². The van der Waals surface area contributed by atoms with Crippen LogP contribution in [0.4, 0.5) is 10.5 Å². The lowest BCUT2D eigenvalue weighted by molar-refractivity contribution is 0.250. The third-order valence-corrected chi connectivity index (χ3v) is 2.57. The first-order valence-electron chi connectivity index (χ1n) is 6.08. The van der Waals surface area contributed by atoms with Crippen LogP contribution < -0.4 is 10.6 Å². The molecule has 0 fully saturated rings. The minimum absolute atomic E-state index is 0.144. The van der Waals surface area contributed by atoms with Crippen LogP contribution in [-0.4, -0.2) is 12.1 Å². The number of anilines is 1. The molecule has 0 aromatic heterocycles. The molecular formula is C14H22N2O. The van der Waals surface area contributed by atoms with Gasteiger partial charge in [-0.25, -0.2) is 4.79 Å². The molecule has 0 aliphatic carbocycles. The summed E-state index contributed by atoms with van der Waals surface area (Å²) in [6.45, 7) is 10.3. The highest BCUT2D eigenvalue weighted by molar-refractivity contribution is 5.89. The summed E-state index contributed by atoms with van der Waals surface area (Å²) in [6.07, 6.45) is 0. The summed E-state index contributed by atoms with van der Waals surface area (Å²) in [5, 5.41) is 5.63. The molecule has 0 aliphatic rings. The summed E-state index contributed by atoms with van der Waals surface area (Å²) in [6, 6.07) is 6.02. The fraction of sp³-hybridized carbons (Fsp3) is 0.500. The van der Waals surface area contributed by atoms with Crippen LogP contribution in [0.15, 0.2) is 18.2 Å². The van der Waals surface area contributed by atoms with Crippen LogP contribution in [0.1, 0.15) is 44.7 Å². The number of carbonyl (C=O) groups excluding carboxylic acids is 1. The van der Waals surface area contributed by atoms with E-state index < -0.39 is 0 Å². The molecule has 1 aromatic rings. The maximum atomic E-state index is 11.5. The van der Waals surface area contributed by atoms with E-state index in [-0.39, 0.29) is 12.1 Å². The Morgan fingerprint density at radius 2 is 1.82 bits per heavy atom. The van der Waals surface area contributed by atoms with Crippen molar-refractivity contribution in [1.82, 2.24) is 5.32 Å². The van der Waals surface area contributed by atoms with Crippen molar-refractivity contribution in [1.29, 1.82) is 0 Å². The second-order valence-electron chi connectivity index (χ2n) is 4.98. The molecule has 1 rings (SSSR count). The van der Waals surface area contributed by atoms with E-state index in [2.05, 4.69) is 37.5 Å². The molecule has 0 saturated carbocycles. The van der Waals surface area contributed by atoms with Crippen molar-refractivity contribution in [3.05, 3.63) is 29.3 Å². The van der Waals surface area contributed by atoms with Gasteiger partial charge in [-0.05, 0) is 49.9 Å². The summed E-state index contributed by atoms with van der Waals surface area (Å²) in [7, 11) is 0. The van der Waals surface area contributed by atoms with Crippen molar-refractivity contribution >= 4 is 11.7 Å². The van der Waals surface area contributed by atoms with Gasteiger partial charge in [0.1, 0.15) is 0 Å². The number of aryl methyl sites for hydroxylation is 1. The van der Waals surface area contributed by atoms with Gasteiger partial charge in [0.25, 0.3) is 0 Å². The lowest BCUT2D eigenvalue weighted by Crippen LogP contribution is -2.34. The number of carbonyl (C=O) groups is 1. The molecule has 17 heavy (non-hydrogen) atoms. The summed E-state index contributed by atoms with van der Waals surface area (Å²) in [5.74, 6) is 0.508. The third kappa shape index (κ3) is 4.10. The van der Waals surface area contributed by atoms with Gasteiger partial charge in [0.15, 0.2) is 0 Å². The predicted octanol–water partition coefficient (Wildman–Crippen LogP) is 3.65. The Kier molecular flexibility index (Phi) is 4.55. The van der Waals surface area contributed by atoms with Gasteiger partial charge in [0, 0.05) is 11.7 Å². The lowest BCUT2D eigenvalue weighted by atomic mass is 9.98. The Bertz CT molecular complexity index is 397. The Morgan fingerprint density at radius 3 is 2.29 bits per heavy atom. The standard InChI is InChI=1S/C14H22N2O/c1-9(2)13-7-6-12(8-11(13)5)16-14(17)15-10(3)4/h6-10H,1-5H3,(H2,15,16,17). The van der Waals surface area contributed by atoms with E-state index in [0.717, 1.165) is 5.69 Å². The van der Waals surface area contributed by atoms with E-state index >= 15 is 0 Å². The van der Waals surface area contributed by atoms with Crippen LogP contribution in [0.25, 0.3) is 0 Å². The Morgan fingerprint density at radius 1 is 1.18 bits per heavy atom. The largest absolute Gasteiger partial charge is 0.336 e. The summed E-state index contributed by atoms with van der Waals surface area (Å²) >= 11 is 0. The van der Waals surface area contributed by atoms with Gasteiger partial charge in [0.05, 0.1) is 0 Å². The van der Waals surface area contributed by atoms with Crippen LogP contribution in [0.5, 0.6) is 0 Å². The molecular weight excluding hydrogens is 212 g/mol. The highest BCUT2D eigenvalue weighted by atomic mass is 16.2. The number of rotatable bonds is 3. The molecule has 0 bridgehead atoms. The minimum atomic E-state index is -0.156. The first-order valence-corrected chi connectivity index (χ1v) is 6.08. The normalized spacial score (nSPS) is 10.8. The average Bonchev–Trinajstić information content (AvgIpc) is 2.15. The van der Waals surface area contributed by atoms with Crippen molar-refractivity contribution in [3.8, 4) is 0 Å². The zero-order chi connectivity index (χ0) is 13.0. The highest BCUT2D eigenvalue weighted by Crippen LogP contribution is 2.22. The van der Waals surface area contributed by atoms with Crippen molar-refractivity contribution in [2.75, 3.05) is 5.32 Å². The molecule has 0 atom stereocenters. The quantitative estimate of drug-likeness (QED) is 0.823. The number of hydrogen-bond acceptors (Lipinski definition) is 1. The van der Waals surface area contributed by atoms with E-state index in [1.807, 2.05) is 26.0 Å². The van der Waals surface area contributed by atoms with E-state index in [1.54, 1.807) is 0 Å². The SMILES string of the molecule is Cc1cc(NC(=O)NC(C)C)ccc1C(C)C. The molecule has 0 heterocycles. The van der Waals surface area contributed by atoms with Gasteiger partial charge < -0.3 is 10.6 Å². The highest BCUT2D eigenvalue weighted by Gasteiger charge is 2.06. The molecule has 3 heteroatoms. The fourth-order valence-electron chi connectivity index (χ4n) is 1.83. The maximum Gasteiger partial charge on any atom is 0.319 e. The van der Waals surface area contributed by atoms with Crippen molar-refractivity contribution in [3.63, 3.8) is 0 Å². The van der Waals surface area contributed by atoms with E-state index in [4.69, 9.17) is 0 Å². The Balaban J connectivity index is 2.74. The molecule has 0 radical (unpaired) electrons. The monoisotopic (exact) mass is 234 g/mol. The molecule has 3 nitrogen and oxygen atoms in total. The summed E-state index contributed by atoms with van der Waals surface area (Å²) < 4.78 is 0. The molecule has 0 aliphatic heterocycles. The molecule has 94 valence electrons. The smallest absolute Gasteiger partial charge is 0.319 e. The second kappa shape index (κ2) is 5.71. The van der Waals surface area contributed by atoms with Gasteiger partial charge in [-0.1, -0.05) is 19.9 Å². The number of amides is 2. The van der Waals surface area contributed by atoms with Gasteiger partial charge in [0.2, 0.25) is 0 Å². The van der Waals surface area contributed by atoms with Crippen molar-refractivity contribution in [2.24, 2.45) is 0 Å². The summed E-state index contributed by atoms with van der Waals surface area (Å²) in [4.78, 5) is 11.5. The zero-order valence-corrected chi connectivity index (χ0v) is 11.3. The van der Waals surface area contributed by atoms with Crippen LogP contribution in [0, 0.1) is 6.92 Å². The Hall–Kier alpha value is -1.51. The van der Waals surface area contributed by atoms with E-state index in [0.29, 0.717) is 5.92 Å². The molecule has 1 aromatic carbocycles. The minimum Gasteiger partial charge on any atom is -0.336 e. The maximum absolute atomic E-state index is 11.5. The first-order chi connectivity index (χ1) is 7.90. The molecule has 0 saturated heterocycles. The predicted molar refractivity (Wildman–Crippen MR) is 72.6 cm³/mol. The Labute approximate surface area is 104 Å². The molecule has 0 spiro atoms. The van der Waals surface area contributed by atoms with Crippen LogP contribution >= 0.6 is 0 Å².